The number of aryl methyl sites for hydroxylation is 2. The highest BCUT2D eigenvalue weighted by Crippen LogP contribution is 2.46. The predicted octanol–water partition coefficient (Wildman–Crippen LogP) is 3.86. The van der Waals surface area contributed by atoms with Gasteiger partial charge in [0.25, 0.3) is 5.91 Å². The summed E-state index contributed by atoms with van der Waals surface area (Å²) in [5.41, 5.74) is 3.63. The van der Waals surface area contributed by atoms with Crippen LogP contribution in [0.1, 0.15) is 31.0 Å². The number of amides is 1. The smallest absolute Gasteiger partial charge is 0.269 e. The molecule has 1 amide bonds. The van der Waals surface area contributed by atoms with Crippen molar-refractivity contribution in [2.24, 2.45) is 5.92 Å². The molecule has 1 fully saturated rings. The maximum absolute atomic E-state index is 12.8. The third kappa shape index (κ3) is 6.09. The van der Waals surface area contributed by atoms with E-state index < -0.39 is 8.32 Å². The second kappa shape index (κ2) is 11.6. The summed E-state index contributed by atoms with van der Waals surface area (Å²) >= 11 is 0. The number of hydrogen-bond acceptors (Lipinski definition) is 7. The van der Waals surface area contributed by atoms with Gasteiger partial charge in [0.2, 0.25) is 0 Å². The molecule has 2 aromatic carbocycles. The van der Waals surface area contributed by atoms with E-state index in [1.807, 2.05) is 55.7 Å². The molecule has 2 aliphatic rings. The molecule has 208 valence electrons. The summed E-state index contributed by atoms with van der Waals surface area (Å²) < 4.78 is 14.0. The number of aliphatic hydroxyl groups is 1. The Kier molecular flexibility index (Phi) is 8.18. The number of benzene rings is 2. The summed E-state index contributed by atoms with van der Waals surface area (Å²) in [6.45, 7) is 6.94. The molecule has 3 heterocycles. The molecule has 9 nitrogen and oxygen atoms in total. The minimum Gasteiger partial charge on any atom is -0.482 e. The number of ether oxygens (including phenoxy) is 2. The Hall–Kier alpha value is -3.05. The maximum atomic E-state index is 12.8. The molecule has 3 aromatic rings. The quantitative estimate of drug-likeness (QED) is 0.369. The third-order valence-electron chi connectivity index (χ3n) is 7.91. The van der Waals surface area contributed by atoms with Crippen LogP contribution in [0, 0.1) is 5.92 Å². The number of carbonyl (C=O) groups excluding carboxylic acids is 1. The Morgan fingerprint density at radius 2 is 1.90 bits per heavy atom. The van der Waals surface area contributed by atoms with Crippen LogP contribution in [-0.4, -0.2) is 64.5 Å². The Labute approximate surface area is 230 Å². The van der Waals surface area contributed by atoms with Crippen LogP contribution < -0.4 is 9.64 Å². The monoisotopic (exact) mass is 550 g/mol. The zero-order chi connectivity index (χ0) is 27.6. The summed E-state index contributed by atoms with van der Waals surface area (Å²) in [5.74, 6) is 0.854. The van der Waals surface area contributed by atoms with Crippen molar-refractivity contribution in [2.75, 3.05) is 18.1 Å². The molecule has 5 rings (SSSR count). The highest BCUT2D eigenvalue weighted by Gasteiger charge is 2.49. The van der Waals surface area contributed by atoms with Gasteiger partial charge in [-0.3, -0.25) is 14.4 Å². The van der Waals surface area contributed by atoms with E-state index in [9.17, 15) is 9.59 Å². The molecule has 1 saturated heterocycles. The van der Waals surface area contributed by atoms with Crippen molar-refractivity contribution >= 4 is 25.6 Å². The molecule has 10 heteroatoms. The highest BCUT2D eigenvalue weighted by molar-refractivity contribution is 6.71. The predicted molar refractivity (Wildman–Crippen MR) is 151 cm³/mol. The van der Waals surface area contributed by atoms with Crippen LogP contribution in [0.15, 0.2) is 54.7 Å². The summed E-state index contributed by atoms with van der Waals surface area (Å²) in [6.07, 6.45) is 4.74. The topological polar surface area (TPSA) is 110 Å². The van der Waals surface area contributed by atoms with E-state index in [1.165, 1.54) is 0 Å². The number of carbonyl (C=O) groups is 1. The van der Waals surface area contributed by atoms with Crippen LogP contribution in [0.3, 0.4) is 0 Å². The first kappa shape index (κ1) is 27.5. The van der Waals surface area contributed by atoms with Crippen LogP contribution in [0.5, 0.6) is 5.75 Å². The minimum absolute atomic E-state index is 0.0234. The van der Waals surface area contributed by atoms with Crippen molar-refractivity contribution in [1.29, 1.82) is 0 Å². The molecule has 0 unspecified atom stereocenters. The second-order valence-electron chi connectivity index (χ2n) is 11.2. The van der Waals surface area contributed by atoms with Crippen molar-refractivity contribution in [3.05, 3.63) is 66.0 Å². The van der Waals surface area contributed by atoms with Gasteiger partial charge in [0, 0.05) is 37.0 Å². The van der Waals surface area contributed by atoms with E-state index in [0.717, 1.165) is 41.9 Å². The Balaban J connectivity index is 1.26. The van der Waals surface area contributed by atoms with Gasteiger partial charge in [-0.15, -0.1) is 5.10 Å². The van der Waals surface area contributed by atoms with Crippen LogP contribution in [0.2, 0.25) is 18.6 Å². The number of para-hydroxylation sites is 2. The number of aliphatic hydroxyl groups excluding tert-OH is 1. The lowest BCUT2D eigenvalue weighted by Crippen LogP contribution is -2.40. The first-order chi connectivity index (χ1) is 18.7. The van der Waals surface area contributed by atoms with E-state index in [0.29, 0.717) is 18.7 Å². The average Bonchev–Trinajstić information content (AvgIpc) is 3.49. The van der Waals surface area contributed by atoms with Crippen molar-refractivity contribution in [2.45, 2.75) is 70.0 Å². The van der Waals surface area contributed by atoms with Gasteiger partial charge in [-0.05, 0) is 68.1 Å². The molecule has 2 N–H and O–H groups in total. The highest BCUT2D eigenvalue weighted by atomic mass is 28.4. The largest absolute Gasteiger partial charge is 0.482 e. The summed E-state index contributed by atoms with van der Waals surface area (Å²) in [7, 11) is -2.48. The molecule has 0 spiro atoms. The fraction of sp³-hybridized carbons (Fsp3) is 0.483. The Bertz CT molecular complexity index is 1290. The summed E-state index contributed by atoms with van der Waals surface area (Å²) in [6, 6.07) is 15.7. The van der Waals surface area contributed by atoms with Gasteiger partial charge in [0.1, 0.15) is 5.75 Å². The van der Waals surface area contributed by atoms with Gasteiger partial charge in [0.15, 0.2) is 14.9 Å². The molecule has 0 radical (unpaired) electrons. The van der Waals surface area contributed by atoms with Gasteiger partial charge in [-0.2, -0.15) is 0 Å². The fourth-order valence-electron chi connectivity index (χ4n) is 6.16. The van der Waals surface area contributed by atoms with Gasteiger partial charge < -0.3 is 19.4 Å². The molecule has 0 saturated carbocycles. The van der Waals surface area contributed by atoms with Gasteiger partial charge in [0.05, 0.1) is 23.6 Å². The molecule has 0 bridgehead atoms. The molecule has 0 aliphatic carbocycles. The lowest BCUT2D eigenvalue weighted by Gasteiger charge is -2.30. The molecule has 39 heavy (non-hydrogen) atoms. The van der Waals surface area contributed by atoms with Crippen molar-refractivity contribution in [3.8, 4) is 5.75 Å². The second-order valence-corrected chi connectivity index (χ2v) is 15.2. The van der Waals surface area contributed by atoms with Crippen molar-refractivity contribution in [3.63, 3.8) is 0 Å². The van der Waals surface area contributed by atoms with E-state index in [-0.39, 0.29) is 42.8 Å². The van der Waals surface area contributed by atoms with Crippen molar-refractivity contribution < 1.29 is 24.2 Å². The first-order valence-electron chi connectivity index (χ1n) is 13.8. The number of aromatic nitrogens is 3. The van der Waals surface area contributed by atoms with Gasteiger partial charge in [-0.1, -0.05) is 36.4 Å². The number of rotatable bonds is 10. The summed E-state index contributed by atoms with van der Waals surface area (Å²) in [4.78, 5) is 25.7. The molecule has 1 aromatic heterocycles. The minimum atomic E-state index is -2.48. The molecular weight excluding hydrogens is 512 g/mol. The Morgan fingerprint density at radius 3 is 2.69 bits per heavy atom. The molecule has 4 atom stereocenters. The van der Waals surface area contributed by atoms with Crippen LogP contribution in [-0.2, 0) is 28.9 Å². The van der Waals surface area contributed by atoms with Crippen molar-refractivity contribution in [1.82, 2.24) is 15.0 Å². The first-order valence-corrected chi connectivity index (χ1v) is 16.8. The average molecular weight is 551 g/mol. The van der Waals surface area contributed by atoms with E-state index in [1.54, 1.807) is 9.58 Å². The van der Waals surface area contributed by atoms with Gasteiger partial charge >= 0.3 is 0 Å². The van der Waals surface area contributed by atoms with Crippen LogP contribution in [0.4, 0.5) is 11.4 Å². The normalized spacial score (nSPS) is 23.1. The molecule has 2 aliphatic heterocycles. The van der Waals surface area contributed by atoms with Crippen LogP contribution >= 0.6 is 0 Å². The molecular formula is C29H38N4O5Si. The lowest BCUT2D eigenvalue weighted by atomic mass is 9.95. The zero-order valence-corrected chi connectivity index (χ0v) is 23.9. The number of fused-ring (bicyclic) bond motifs is 1. The van der Waals surface area contributed by atoms with Gasteiger partial charge in [-0.25, -0.2) is 0 Å². The number of nitrogens with zero attached hydrogens (tertiary/aromatic N) is 4. The maximum Gasteiger partial charge on any atom is 0.269 e. The Morgan fingerprint density at radius 1 is 1.08 bits per heavy atom. The number of anilines is 2. The fourth-order valence-corrected chi connectivity index (χ4v) is 8.82. The summed E-state index contributed by atoms with van der Waals surface area (Å²) in [5, 5.41) is 17.4. The van der Waals surface area contributed by atoms with Crippen LogP contribution in [0.25, 0.3) is 0 Å². The number of hydrogen-bond donors (Lipinski definition) is 2. The standard InChI is InChI=1S/C29H38N4O5Si/c1-20-25(38-27(29(20)39(2,3)36)13-15-32-18-22(14-16-34)30-31-32)12-11-21-7-6-8-23(17-21)33-24-9-4-5-10-26(24)37-19-28(33)35/h4-10,17-18,20,25,27,29,34,36H,11-16,19H2,1-3H3/t20-,25+,27-,29+/m1/s1. The van der Waals surface area contributed by atoms with E-state index in [2.05, 4.69) is 29.4 Å². The zero-order valence-electron chi connectivity index (χ0n) is 22.9. The third-order valence-corrected chi connectivity index (χ3v) is 10.4. The SMILES string of the molecule is C[C@H]1[C@H]([Si](C)(C)O)[C@@H](CCn2cc(CCO)nn2)O[C@H]1CCc1cccc(N2C(=O)COc3ccccc32)c1. The lowest BCUT2D eigenvalue weighted by molar-refractivity contribution is -0.120. The van der Waals surface area contributed by atoms with E-state index in [4.69, 9.17) is 14.6 Å². The van der Waals surface area contributed by atoms with E-state index >= 15 is 0 Å².